The number of hydrogen-bond donors (Lipinski definition) is 1. The highest BCUT2D eigenvalue weighted by atomic mass is 35.5. The minimum absolute atomic E-state index is 0.0319. The van der Waals surface area contributed by atoms with Crippen LogP contribution in [0.15, 0.2) is 84.1 Å². The lowest BCUT2D eigenvalue weighted by Gasteiger charge is -2.34. The van der Waals surface area contributed by atoms with Crippen LogP contribution in [-0.2, 0) is 9.59 Å². The number of carbonyl (C=O) groups excluding carboxylic acids is 2. The molecule has 1 aliphatic carbocycles. The molecule has 0 spiro atoms. The zero-order chi connectivity index (χ0) is 22.2. The fraction of sp³-hybridized carbons (Fsp3) is 0.185. The molecular weight excluding hydrogens is 441 g/mol. The average molecular weight is 462 g/mol. The van der Waals surface area contributed by atoms with Gasteiger partial charge in [0.25, 0.3) is 0 Å². The van der Waals surface area contributed by atoms with Crippen LogP contribution in [0.3, 0.4) is 0 Å². The van der Waals surface area contributed by atoms with Crippen molar-refractivity contribution in [3.05, 3.63) is 105 Å². The first-order valence-corrected chi connectivity index (χ1v) is 11.4. The number of rotatable bonds is 3. The van der Waals surface area contributed by atoms with Gasteiger partial charge < -0.3 is 5.32 Å². The minimum atomic E-state index is -0.217. The monoisotopic (exact) mass is 461 g/mol. The number of ketones is 1. The van der Waals surface area contributed by atoms with Crippen molar-refractivity contribution in [1.29, 1.82) is 0 Å². The first-order valence-electron chi connectivity index (χ1n) is 10.7. The Bertz CT molecular complexity index is 1230. The molecule has 0 radical (unpaired) electrons. The number of Topliss-reactive ketones (excluding diaryl/α,β-unsaturated/α-hetero) is 1. The van der Waals surface area contributed by atoms with Crippen molar-refractivity contribution in [3.63, 3.8) is 0 Å². The molecule has 0 fully saturated rings. The second-order valence-corrected chi connectivity index (χ2v) is 9.20. The van der Waals surface area contributed by atoms with E-state index in [4.69, 9.17) is 23.2 Å². The van der Waals surface area contributed by atoms with Gasteiger partial charge in [0.05, 0.1) is 10.0 Å². The third kappa shape index (κ3) is 3.99. The fourth-order valence-corrected chi connectivity index (χ4v) is 5.09. The Morgan fingerprint density at radius 3 is 2.12 bits per heavy atom. The standard InChI is InChI=1S/C27H21Cl2NO2/c28-22-11-10-19(12-23(22)29)20-13-24-27(25(31)14-20)21(15-26(32)30-24)18-8-6-17(7-9-18)16-4-2-1-3-5-16/h1-12,20-21H,13-15H2,(H,30,32). The highest BCUT2D eigenvalue weighted by molar-refractivity contribution is 6.42. The molecular formula is C27H21Cl2NO2. The molecule has 0 saturated carbocycles. The Balaban J connectivity index is 1.46. The fourth-order valence-electron chi connectivity index (χ4n) is 4.79. The van der Waals surface area contributed by atoms with E-state index in [1.807, 2.05) is 42.5 Å². The van der Waals surface area contributed by atoms with Gasteiger partial charge in [0, 0.05) is 30.0 Å². The zero-order valence-electron chi connectivity index (χ0n) is 17.3. The molecule has 3 aromatic carbocycles. The Kier molecular flexibility index (Phi) is 5.62. The molecule has 3 nitrogen and oxygen atoms in total. The van der Waals surface area contributed by atoms with E-state index in [2.05, 4.69) is 29.6 Å². The second kappa shape index (κ2) is 8.57. The number of amides is 1. The first kappa shape index (κ1) is 21.0. The van der Waals surface area contributed by atoms with Crippen LogP contribution in [0.4, 0.5) is 0 Å². The topological polar surface area (TPSA) is 46.2 Å². The van der Waals surface area contributed by atoms with E-state index >= 15 is 0 Å². The Hall–Kier alpha value is -2.88. The lowest BCUT2D eigenvalue weighted by Crippen LogP contribution is -2.38. The van der Waals surface area contributed by atoms with Gasteiger partial charge >= 0.3 is 0 Å². The van der Waals surface area contributed by atoms with Crippen LogP contribution in [0.2, 0.25) is 10.0 Å². The van der Waals surface area contributed by atoms with Crippen molar-refractivity contribution in [2.24, 2.45) is 0 Å². The number of hydrogen-bond acceptors (Lipinski definition) is 2. The van der Waals surface area contributed by atoms with Gasteiger partial charge in [0.2, 0.25) is 5.91 Å². The summed E-state index contributed by atoms with van der Waals surface area (Å²) >= 11 is 12.2. The quantitative estimate of drug-likeness (QED) is 0.473. The van der Waals surface area contributed by atoms with Crippen LogP contribution >= 0.6 is 23.2 Å². The van der Waals surface area contributed by atoms with Gasteiger partial charge in [0.1, 0.15) is 0 Å². The minimum Gasteiger partial charge on any atom is -0.329 e. The molecule has 5 heteroatoms. The molecule has 1 N–H and O–H groups in total. The lowest BCUT2D eigenvalue weighted by molar-refractivity contribution is -0.122. The molecule has 0 saturated heterocycles. The largest absolute Gasteiger partial charge is 0.329 e. The highest BCUT2D eigenvalue weighted by Gasteiger charge is 2.38. The first-order chi connectivity index (χ1) is 15.5. The third-order valence-corrected chi connectivity index (χ3v) is 7.11. The molecule has 2 unspecified atom stereocenters. The summed E-state index contributed by atoms with van der Waals surface area (Å²) in [4.78, 5) is 25.8. The number of benzene rings is 3. The van der Waals surface area contributed by atoms with Crippen molar-refractivity contribution in [3.8, 4) is 11.1 Å². The van der Waals surface area contributed by atoms with Gasteiger partial charge in [-0.05, 0) is 46.7 Å². The van der Waals surface area contributed by atoms with Gasteiger partial charge in [-0.2, -0.15) is 0 Å². The lowest BCUT2D eigenvalue weighted by atomic mass is 9.73. The van der Waals surface area contributed by atoms with E-state index in [9.17, 15) is 9.59 Å². The number of nitrogens with one attached hydrogen (secondary N) is 1. The molecule has 0 bridgehead atoms. The maximum Gasteiger partial charge on any atom is 0.225 e. The van der Waals surface area contributed by atoms with Crippen molar-refractivity contribution in [1.82, 2.24) is 5.32 Å². The molecule has 3 aromatic rings. The Morgan fingerprint density at radius 1 is 0.719 bits per heavy atom. The van der Waals surface area contributed by atoms with Crippen LogP contribution in [0.25, 0.3) is 11.1 Å². The molecule has 2 atom stereocenters. The van der Waals surface area contributed by atoms with Gasteiger partial charge in [-0.3, -0.25) is 9.59 Å². The second-order valence-electron chi connectivity index (χ2n) is 8.39. The van der Waals surface area contributed by atoms with Crippen LogP contribution in [-0.4, -0.2) is 11.7 Å². The van der Waals surface area contributed by atoms with Crippen molar-refractivity contribution in [2.75, 3.05) is 0 Å². The summed E-state index contributed by atoms with van der Waals surface area (Å²) in [6.45, 7) is 0. The molecule has 5 rings (SSSR count). The van der Waals surface area contributed by atoms with E-state index in [1.54, 1.807) is 6.07 Å². The summed E-state index contributed by atoms with van der Waals surface area (Å²) < 4.78 is 0. The maximum absolute atomic E-state index is 13.3. The van der Waals surface area contributed by atoms with E-state index in [0.29, 0.717) is 22.9 Å². The summed E-state index contributed by atoms with van der Waals surface area (Å²) in [6, 6.07) is 23.8. The summed E-state index contributed by atoms with van der Waals surface area (Å²) in [5, 5.41) is 3.93. The molecule has 2 aliphatic rings. The summed E-state index contributed by atoms with van der Waals surface area (Å²) in [5.74, 6) is -0.218. The Morgan fingerprint density at radius 2 is 1.41 bits per heavy atom. The Labute approximate surface area is 197 Å². The zero-order valence-corrected chi connectivity index (χ0v) is 18.8. The SMILES string of the molecule is O=C1CC(c2ccc(-c3ccccc3)cc2)C2=C(CC(c3ccc(Cl)c(Cl)c3)CC2=O)N1. The van der Waals surface area contributed by atoms with E-state index in [0.717, 1.165) is 33.5 Å². The smallest absolute Gasteiger partial charge is 0.225 e. The number of allylic oxidation sites excluding steroid dienone is 2. The van der Waals surface area contributed by atoms with Crippen LogP contribution in [0.1, 0.15) is 42.2 Å². The summed E-state index contributed by atoms with van der Waals surface area (Å²) in [6.07, 6.45) is 1.28. The van der Waals surface area contributed by atoms with Crippen molar-refractivity contribution in [2.45, 2.75) is 31.1 Å². The molecule has 32 heavy (non-hydrogen) atoms. The predicted molar refractivity (Wildman–Crippen MR) is 128 cm³/mol. The molecule has 1 amide bonds. The molecule has 160 valence electrons. The van der Waals surface area contributed by atoms with E-state index in [1.165, 1.54) is 0 Å². The summed E-state index contributed by atoms with van der Waals surface area (Å²) in [5.41, 5.74) is 5.69. The van der Waals surface area contributed by atoms with Crippen molar-refractivity contribution >= 4 is 34.9 Å². The summed E-state index contributed by atoms with van der Waals surface area (Å²) in [7, 11) is 0. The molecule has 0 aromatic heterocycles. The normalized spacial score (nSPS) is 20.7. The van der Waals surface area contributed by atoms with Crippen LogP contribution < -0.4 is 5.32 Å². The number of halogens is 2. The van der Waals surface area contributed by atoms with Gasteiger partial charge in [-0.25, -0.2) is 0 Å². The molecule has 1 aliphatic heterocycles. The maximum atomic E-state index is 13.3. The third-order valence-electron chi connectivity index (χ3n) is 6.37. The van der Waals surface area contributed by atoms with E-state index in [-0.39, 0.29) is 29.9 Å². The molecule has 1 heterocycles. The number of carbonyl (C=O) groups is 2. The van der Waals surface area contributed by atoms with Gasteiger partial charge in [-0.15, -0.1) is 0 Å². The highest BCUT2D eigenvalue weighted by Crippen LogP contribution is 2.43. The van der Waals surface area contributed by atoms with Crippen molar-refractivity contribution < 1.29 is 9.59 Å². The predicted octanol–water partition coefficient (Wildman–Crippen LogP) is 6.66. The van der Waals surface area contributed by atoms with Crippen LogP contribution in [0.5, 0.6) is 0 Å². The van der Waals surface area contributed by atoms with Gasteiger partial charge in [-0.1, -0.05) is 83.9 Å². The average Bonchev–Trinajstić information content (AvgIpc) is 2.80. The van der Waals surface area contributed by atoms with Crippen LogP contribution in [0, 0.1) is 0 Å². The van der Waals surface area contributed by atoms with E-state index < -0.39 is 0 Å². The van der Waals surface area contributed by atoms with Gasteiger partial charge in [0.15, 0.2) is 5.78 Å².